The normalized spacial score (nSPS) is 13.2. The predicted octanol–water partition coefficient (Wildman–Crippen LogP) is 2.78. The maximum Gasteiger partial charge on any atom is 0.257 e. The Labute approximate surface area is 171 Å². The molecular weight excluding hydrogens is 414 g/mol. The van der Waals surface area contributed by atoms with E-state index in [0.29, 0.717) is 40.9 Å². The van der Waals surface area contributed by atoms with Gasteiger partial charge in [0.1, 0.15) is 13.2 Å². The van der Waals surface area contributed by atoms with Gasteiger partial charge in [-0.3, -0.25) is 10.1 Å². The molecule has 8 nitrogen and oxygen atoms in total. The van der Waals surface area contributed by atoms with Crippen molar-refractivity contribution in [3.63, 3.8) is 0 Å². The number of nitrogens with one attached hydrogen (secondary N) is 2. The molecule has 0 aliphatic carbocycles. The van der Waals surface area contributed by atoms with Crippen LogP contribution in [0.15, 0.2) is 53.9 Å². The Morgan fingerprint density at radius 3 is 2.55 bits per heavy atom. The fraction of sp³-hybridized carbons (Fsp3) is 0.158. The summed E-state index contributed by atoms with van der Waals surface area (Å²) in [5.41, 5.74) is 1.02. The average molecular weight is 431 g/mol. The van der Waals surface area contributed by atoms with Crippen molar-refractivity contribution < 1.29 is 22.7 Å². The maximum absolute atomic E-state index is 12.5. The van der Waals surface area contributed by atoms with Crippen LogP contribution < -0.4 is 19.5 Å². The summed E-state index contributed by atoms with van der Waals surface area (Å²) in [6, 6.07) is 9.28. The zero-order valence-electron chi connectivity index (χ0n) is 15.2. The molecule has 3 aromatic rings. The molecule has 4 rings (SSSR count). The van der Waals surface area contributed by atoms with E-state index >= 15 is 0 Å². The summed E-state index contributed by atoms with van der Waals surface area (Å²) < 4.78 is 38.5. The van der Waals surface area contributed by atoms with Crippen LogP contribution in [0.1, 0.15) is 10.4 Å². The van der Waals surface area contributed by atoms with Gasteiger partial charge >= 0.3 is 0 Å². The third kappa shape index (κ3) is 4.09. The van der Waals surface area contributed by atoms with Crippen LogP contribution in [0.5, 0.6) is 11.5 Å². The molecule has 0 unspecified atom stereocenters. The fourth-order valence-corrected chi connectivity index (χ4v) is 4.59. The van der Waals surface area contributed by atoms with Gasteiger partial charge in [-0.25, -0.2) is 18.1 Å². The van der Waals surface area contributed by atoms with Crippen molar-refractivity contribution in [1.29, 1.82) is 0 Å². The molecule has 0 radical (unpaired) electrons. The summed E-state index contributed by atoms with van der Waals surface area (Å²) in [5, 5.41) is 3.17. The number of carbonyl (C=O) groups is 1. The lowest BCUT2D eigenvalue weighted by Gasteiger charge is -2.17. The fourth-order valence-electron chi connectivity index (χ4n) is 2.73. The second-order valence-electron chi connectivity index (χ2n) is 6.10. The van der Waals surface area contributed by atoms with E-state index in [1.54, 1.807) is 6.07 Å². The van der Waals surface area contributed by atoms with Crippen LogP contribution in [0, 0.1) is 0 Å². The van der Waals surface area contributed by atoms with Crippen molar-refractivity contribution >= 4 is 42.6 Å². The third-order valence-corrected chi connectivity index (χ3v) is 6.49. The number of rotatable bonds is 6. The van der Waals surface area contributed by atoms with Gasteiger partial charge in [0.15, 0.2) is 16.6 Å². The van der Waals surface area contributed by atoms with Crippen molar-refractivity contribution in [2.75, 3.05) is 25.1 Å². The lowest BCUT2D eigenvalue weighted by Crippen LogP contribution is -2.23. The Balaban J connectivity index is 1.51. The lowest BCUT2D eigenvalue weighted by atomic mass is 10.2. The van der Waals surface area contributed by atoms with Crippen molar-refractivity contribution in [3.05, 3.63) is 54.6 Å². The van der Waals surface area contributed by atoms with E-state index in [1.165, 1.54) is 41.7 Å². The van der Waals surface area contributed by atoms with Crippen LogP contribution in [0.4, 0.5) is 5.13 Å². The number of carbonyl (C=O) groups excluding carboxylic acids is 1. The summed E-state index contributed by atoms with van der Waals surface area (Å²) in [6.45, 7) is 4.58. The quantitative estimate of drug-likeness (QED) is 0.582. The Hall–Kier alpha value is -2.95. The highest BCUT2D eigenvalue weighted by atomic mass is 32.2. The first-order valence-corrected chi connectivity index (χ1v) is 11.0. The van der Waals surface area contributed by atoms with E-state index in [1.807, 2.05) is 6.07 Å². The van der Waals surface area contributed by atoms with Gasteiger partial charge in [0, 0.05) is 24.2 Å². The van der Waals surface area contributed by atoms with Crippen LogP contribution in [0.2, 0.25) is 0 Å². The number of nitrogens with zero attached hydrogens (tertiary/aromatic N) is 1. The molecule has 1 aliphatic rings. The summed E-state index contributed by atoms with van der Waals surface area (Å²) in [7, 11) is -3.64. The minimum absolute atomic E-state index is 0.0708. The van der Waals surface area contributed by atoms with Gasteiger partial charge < -0.3 is 9.47 Å². The molecule has 0 saturated carbocycles. The molecule has 0 bridgehead atoms. The number of amides is 1. The number of hydrogen-bond donors (Lipinski definition) is 2. The van der Waals surface area contributed by atoms with Crippen molar-refractivity contribution in [3.8, 4) is 11.5 Å². The molecule has 0 fully saturated rings. The number of fused-ring (bicyclic) bond motifs is 2. The van der Waals surface area contributed by atoms with Crippen LogP contribution in [0.3, 0.4) is 0 Å². The van der Waals surface area contributed by atoms with Crippen molar-refractivity contribution in [2.24, 2.45) is 0 Å². The summed E-state index contributed by atoms with van der Waals surface area (Å²) >= 11 is 1.32. The molecule has 0 atom stereocenters. The molecule has 0 saturated heterocycles. The zero-order chi connectivity index (χ0) is 20.4. The highest BCUT2D eigenvalue weighted by Gasteiger charge is 2.17. The molecule has 0 spiro atoms. The average Bonchev–Trinajstić information content (AvgIpc) is 3.11. The molecule has 2 aromatic carbocycles. The molecule has 150 valence electrons. The largest absolute Gasteiger partial charge is 0.486 e. The Morgan fingerprint density at radius 1 is 1.17 bits per heavy atom. The van der Waals surface area contributed by atoms with Crippen LogP contribution >= 0.6 is 11.3 Å². The highest BCUT2D eigenvalue weighted by molar-refractivity contribution is 7.89. The minimum Gasteiger partial charge on any atom is -0.486 e. The molecule has 10 heteroatoms. The molecule has 2 heterocycles. The van der Waals surface area contributed by atoms with E-state index in [4.69, 9.17) is 9.47 Å². The molecule has 1 amide bonds. The minimum atomic E-state index is -3.64. The van der Waals surface area contributed by atoms with Crippen LogP contribution in [-0.4, -0.2) is 39.1 Å². The van der Waals surface area contributed by atoms with Gasteiger partial charge in [0.2, 0.25) is 10.0 Å². The van der Waals surface area contributed by atoms with E-state index < -0.39 is 10.0 Å². The van der Waals surface area contributed by atoms with E-state index in [0.717, 1.165) is 4.70 Å². The Kier molecular flexibility index (Phi) is 5.22. The number of anilines is 1. The molecule has 1 aliphatic heterocycles. The van der Waals surface area contributed by atoms with Crippen LogP contribution in [0.25, 0.3) is 10.2 Å². The standard InChI is InChI=1S/C19H17N3O5S2/c1-2-7-20-29(24,25)13-5-3-12(4-6-13)18(23)22-19-21-14-10-15-16(11-17(14)28-19)27-9-8-26-15/h2-6,10-11,20H,1,7-9H2,(H,21,22,23). The van der Waals surface area contributed by atoms with Crippen molar-refractivity contribution in [1.82, 2.24) is 9.71 Å². The van der Waals surface area contributed by atoms with Gasteiger partial charge in [-0.05, 0) is 24.3 Å². The first-order valence-electron chi connectivity index (χ1n) is 8.68. The Morgan fingerprint density at radius 2 is 1.86 bits per heavy atom. The summed E-state index contributed by atoms with van der Waals surface area (Å²) in [4.78, 5) is 17.0. The third-order valence-electron chi connectivity index (χ3n) is 4.12. The maximum atomic E-state index is 12.5. The number of sulfonamides is 1. The summed E-state index contributed by atoms with van der Waals surface area (Å²) in [6.07, 6.45) is 1.45. The molecule has 2 N–H and O–H groups in total. The monoisotopic (exact) mass is 431 g/mol. The van der Waals surface area contributed by atoms with Crippen LogP contribution in [-0.2, 0) is 10.0 Å². The van der Waals surface area contributed by atoms with E-state index in [2.05, 4.69) is 21.6 Å². The van der Waals surface area contributed by atoms with Gasteiger partial charge in [-0.15, -0.1) is 6.58 Å². The number of aromatic nitrogens is 1. The smallest absolute Gasteiger partial charge is 0.257 e. The molecule has 29 heavy (non-hydrogen) atoms. The van der Waals surface area contributed by atoms with Gasteiger partial charge in [0.25, 0.3) is 5.91 Å². The first-order chi connectivity index (χ1) is 14.0. The number of hydrogen-bond acceptors (Lipinski definition) is 7. The Bertz CT molecular complexity index is 1140. The first kappa shape index (κ1) is 19.4. The topological polar surface area (TPSA) is 107 Å². The zero-order valence-corrected chi connectivity index (χ0v) is 16.8. The van der Waals surface area contributed by atoms with E-state index in [9.17, 15) is 13.2 Å². The van der Waals surface area contributed by atoms with E-state index in [-0.39, 0.29) is 17.3 Å². The SMILES string of the molecule is C=CCNS(=O)(=O)c1ccc(C(=O)Nc2nc3cc4c(cc3s2)OCCO4)cc1. The molecular formula is C19H17N3O5S2. The number of thiazole rings is 1. The predicted molar refractivity (Wildman–Crippen MR) is 110 cm³/mol. The summed E-state index contributed by atoms with van der Waals surface area (Å²) in [5.74, 6) is 0.908. The second kappa shape index (κ2) is 7.82. The van der Waals surface area contributed by atoms with Gasteiger partial charge in [0.05, 0.1) is 15.1 Å². The lowest BCUT2D eigenvalue weighted by molar-refractivity contribution is 0.102. The van der Waals surface area contributed by atoms with Gasteiger partial charge in [-0.2, -0.15) is 0 Å². The highest BCUT2D eigenvalue weighted by Crippen LogP contribution is 2.37. The molecule has 1 aromatic heterocycles. The number of ether oxygens (including phenoxy) is 2. The second-order valence-corrected chi connectivity index (χ2v) is 8.90. The van der Waals surface area contributed by atoms with Gasteiger partial charge in [-0.1, -0.05) is 17.4 Å². The van der Waals surface area contributed by atoms with Crippen molar-refractivity contribution in [2.45, 2.75) is 4.90 Å². The number of benzene rings is 2.